The van der Waals surface area contributed by atoms with Crippen LogP contribution in [0.3, 0.4) is 0 Å². The number of rotatable bonds is 4. The summed E-state index contributed by atoms with van der Waals surface area (Å²) in [6.45, 7) is 4.47. The molecule has 1 aromatic heterocycles. The lowest BCUT2D eigenvalue weighted by Gasteiger charge is -2.27. The Hall–Kier alpha value is -1.87. The fourth-order valence-electron chi connectivity index (χ4n) is 1.81. The fraction of sp³-hybridized carbons (Fsp3) is 0.267. The van der Waals surface area contributed by atoms with E-state index in [9.17, 15) is 0 Å². The first-order chi connectivity index (χ1) is 8.63. The number of benzene rings is 1. The molecular formula is C15H18N2O. The summed E-state index contributed by atoms with van der Waals surface area (Å²) < 4.78 is 6.02. The van der Waals surface area contributed by atoms with Gasteiger partial charge in [0.15, 0.2) is 0 Å². The number of ether oxygens (including phenoxy) is 1. The third kappa shape index (κ3) is 2.68. The van der Waals surface area contributed by atoms with Crippen LogP contribution in [0.4, 0.5) is 0 Å². The van der Waals surface area contributed by atoms with Crippen LogP contribution in [0.2, 0.25) is 0 Å². The van der Waals surface area contributed by atoms with Crippen molar-refractivity contribution in [2.75, 3.05) is 0 Å². The zero-order chi connectivity index (χ0) is 13.0. The average Bonchev–Trinajstić information content (AvgIpc) is 2.40. The van der Waals surface area contributed by atoms with E-state index in [4.69, 9.17) is 10.5 Å². The minimum absolute atomic E-state index is 0.425. The predicted octanol–water partition coefficient (Wildman–Crippen LogP) is 2.85. The normalized spacial score (nSPS) is 11.3. The van der Waals surface area contributed by atoms with Crippen LogP contribution in [0.1, 0.15) is 25.0 Å². The molecule has 1 aromatic carbocycles. The van der Waals surface area contributed by atoms with Gasteiger partial charge in [0.2, 0.25) is 5.88 Å². The highest BCUT2D eigenvalue weighted by Crippen LogP contribution is 2.27. The lowest BCUT2D eigenvalue weighted by molar-refractivity contribution is 0.101. The van der Waals surface area contributed by atoms with E-state index >= 15 is 0 Å². The first kappa shape index (κ1) is 12.6. The van der Waals surface area contributed by atoms with E-state index in [-0.39, 0.29) is 0 Å². The van der Waals surface area contributed by atoms with Crippen molar-refractivity contribution in [2.24, 2.45) is 5.73 Å². The van der Waals surface area contributed by atoms with Crippen molar-refractivity contribution in [3.63, 3.8) is 0 Å². The molecule has 3 heteroatoms. The second-order valence-corrected chi connectivity index (χ2v) is 4.65. The Labute approximate surface area is 108 Å². The number of nitrogens with two attached hydrogens (primary N) is 1. The third-order valence-corrected chi connectivity index (χ3v) is 2.89. The molecule has 0 spiro atoms. The summed E-state index contributed by atoms with van der Waals surface area (Å²) in [6, 6.07) is 13.9. The maximum Gasteiger partial charge on any atom is 0.218 e. The minimum Gasteiger partial charge on any atom is -0.467 e. The van der Waals surface area contributed by atoms with Crippen LogP contribution in [0.15, 0.2) is 48.7 Å². The molecule has 0 saturated heterocycles. The molecule has 0 atom stereocenters. The molecule has 3 nitrogen and oxygen atoms in total. The van der Waals surface area contributed by atoms with Gasteiger partial charge in [0.05, 0.1) is 0 Å². The van der Waals surface area contributed by atoms with Crippen LogP contribution in [-0.2, 0) is 12.1 Å². The molecule has 0 bridgehead atoms. The molecule has 1 heterocycles. The first-order valence-electron chi connectivity index (χ1n) is 6.02. The lowest BCUT2D eigenvalue weighted by Crippen LogP contribution is -2.26. The highest BCUT2D eigenvalue weighted by molar-refractivity contribution is 5.28. The molecule has 0 aliphatic heterocycles. The SMILES string of the molecule is CC(C)(Oc1ncccc1CN)c1ccccc1. The van der Waals surface area contributed by atoms with E-state index in [0.29, 0.717) is 12.4 Å². The molecule has 2 aromatic rings. The number of aromatic nitrogens is 1. The molecule has 0 radical (unpaired) electrons. The molecule has 0 aliphatic carbocycles. The quantitative estimate of drug-likeness (QED) is 0.896. The van der Waals surface area contributed by atoms with Gasteiger partial charge in [-0.05, 0) is 25.5 Å². The van der Waals surface area contributed by atoms with E-state index in [0.717, 1.165) is 11.1 Å². The van der Waals surface area contributed by atoms with E-state index in [1.54, 1.807) is 6.20 Å². The summed E-state index contributed by atoms with van der Waals surface area (Å²) in [7, 11) is 0. The van der Waals surface area contributed by atoms with Gasteiger partial charge in [0.1, 0.15) is 5.60 Å². The first-order valence-corrected chi connectivity index (χ1v) is 6.02. The highest BCUT2D eigenvalue weighted by Gasteiger charge is 2.23. The van der Waals surface area contributed by atoms with Crippen molar-refractivity contribution < 1.29 is 4.74 Å². The topological polar surface area (TPSA) is 48.1 Å². The Morgan fingerprint density at radius 2 is 1.83 bits per heavy atom. The Kier molecular flexibility index (Phi) is 3.63. The van der Waals surface area contributed by atoms with Gasteiger partial charge in [-0.1, -0.05) is 36.4 Å². The van der Waals surface area contributed by atoms with E-state index in [2.05, 4.69) is 4.98 Å². The lowest BCUT2D eigenvalue weighted by atomic mass is 9.98. The van der Waals surface area contributed by atoms with Gasteiger partial charge in [0, 0.05) is 18.3 Å². The van der Waals surface area contributed by atoms with Gasteiger partial charge in [-0.25, -0.2) is 4.98 Å². The van der Waals surface area contributed by atoms with Crippen LogP contribution in [0.25, 0.3) is 0 Å². The molecule has 0 amide bonds. The Bertz CT molecular complexity index is 509. The standard InChI is InChI=1S/C15H18N2O/c1-15(2,13-8-4-3-5-9-13)18-14-12(11-16)7-6-10-17-14/h3-10H,11,16H2,1-2H3. The van der Waals surface area contributed by atoms with Gasteiger partial charge in [-0.15, -0.1) is 0 Å². The summed E-state index contributed by atoms with van der Waals surface area (Å²) in [5.74, 6) is 0.605. The molecule has 18 heavy (non-hydrogen) atoms. The zero-order valence-corrected chi connectivity index (χ0v) is 10.8. The summed E-state index contributed by atoms with van der Waals surface area (Å²) in [5.41, 5.74) is 7.29. The third-order valence-electron chi connectivity index (χ3n) is 2.89. The minimum atomic E-state index is -0.431. The van der Waals surface area contributed by atoms with Crippen molar-refractivity contribution in [1.82, 2.24) is 4.98 Å². The van der Waals surface area contributed by atoms with Crippen molar-refractivity contribution in [2.45, 2.75) is 26.0 Å². The maximum atomic E-state index is 6.02. The summed E-state index contributed by atoms with van der Waals surface area (Å²) >= 11 is 0. The summed E-state index contributed by atoms with van der Waals surface area (Å²) in [6.07, 6.45) is 1.72. The second kappa shape index (κ2) is 5.19. The second-order valence-electron chi connectivity index (χ2n) is 4.65. The van der Waals surface area contributed by atoms with Gasteiger partial charge in [0.25, 0.3) is 0 Å². The zero-order valence-electron chi connectivity index (χ0n) is 10.8. The highest BCUT2D eigenvalue weighted by atomic mass is 16.5. The van der Waals surface area contributed by atoms with Crippen LogP contribution in [0, 0.1) is 0 Å². The summed E-state index contributed by atoms with van der Waals surface area (Å²) in [4.78, 5) is 4.26. The molecule has 2 N–H and O–H groups in total. The molecule has 0 unspecified atom stereocenters. The molecule has 2 rings (SSSR count). The maximum absolute atomic E-state index is 6.02. The average molecular weight is 242 g/mol. The van der Waals surface area contributed by atoms with Gasteiger partial charge >= 0.3 is 0 Å². The van der Waals surface area contributed by atoms with E-state index < -0.39 is 5.60 Å². The number of hydrogen-bond donors (Lipinski definition) is 1. The largest absolute Gasteiger partial charge is 0.467 e. The molecule has 0 fully saturated rings. The summed E-state index contributed by atoms with van der Waals surface area (Å²) in [5, 5.41) is 0. The molecule has 94 valence electrons. The van der Waals surface area contributed by atoms with Gasteiger partial charge < -0.3 is 10.5 Å². The van der Waals surface area contributed by atoms with E-state index in [1.807, 2.05) is 56.3 Å². The number of nitrogens with zero attached hydrogens (tertiary/aromatic N) is 1. The smallest absolute Gasteiger partial charge is 0.218 e. The predicted molar refractivity (Wildman–Crippen MR) is 72.2 cm³/mol. The number of pyridine rings is 1. The Morgan fingerprint density at radius 3 is 2.50 bits per heavy atom. The van der Waals surface area contributed by atoms with Crippen molar-refractivity contribution in [3.8, 4) is 5.88 Å². The molecule has 0 saturated carbocycles. The van der Waals surface area contributed by atoms with Crippen molar-refractivity contribution >= 4 is 0 Å². The van der Waals surface area contributed by atoms with Crippen LogP contribution in [-0.4, -0.2) is 4.98 Å². The molecule has 0 aliphatic rings. The monoisotopic (exact) mass is 242 g/mol. The molecular weight excluding hydrogens is 224 g/mol. The van der Waals surface area contributed by atoms with Gasteiger partial charge in [-0.2, -0.15) is 0 Å². The van der Waals surface area contributed by atoms with Crippen LogP contribution in [0.5, 0.6) is 5.88 Å². The van der Waals surface area contributed by atoms with Crippen LogP contribution < -0.4 is 10.5 Å². The fourth-order valence-corrected chi connectivity index (χ4v) is 1.81. The van der Waals surface area contributed by atoms with E-state index in [1.165, 1.54) is 0 Å². The Morgan fingerprint density at radius 1 is 1.11 bits per heavy atom. The van der Waals surface area contributed by atoms with Gasteiger partial charge in [-0.3, -0.25) is 0 Å². The van der Waals surface area contributed by atoms with Crippen molar-refractivity contribution in [3.05, 3.63) is 59.8 Å². The van der Waals surface area contributed by atoms with Crippen molar-refractivity contribution in [1.29, 1.82) is 0 Å². The Balaban J connectivity index is 2.28. The van der Waals surface area contributed by atoms with Crippen LogP contribution >= 0.6 is 0 Å². The number of hydrogen-bond acceptors (Lipinski definition) is 3.